The number of piperazine rings is 1. The number of benzene rings is 1. The Kier molecular flexibility index (Phi) is 7.89. The molecule has 246 valence electrons. The lowest BCUT2D eigenvalue weighted by Gasteiger charge is -2.40. The largest absolute Gasteiger partial charge is 0.417 e. The number of carbonyl (C=O) groups excluding carboxylic acids is 1. The quantitative estimate of drug-likeness (QED) is 0.215. The van der Waals surface area contributed by atoms with Gasteiger partial charge in [0.1, 0.15) is 17.3 Å². The first-order valence-electron chi connectivity index (χ1n) is 14.5. The molecule has 4 heterocycles. The Labute approximate surface area is 265 Å². The molecule has 1 saturated carbocycles. The first-order valence-corrected chi connectivity index (χ1v) is 16.4. The van der Waals surface area contributed by atoms with E-state index in [9.17, 15) is 31.2 Å². The fraction of sp³-hybridized carbons (Fsp3) is 0.323. The minimum Gasteiger partial charge on any atom is -0.350 e. The zero-order chi connectivity index (χ0) is 34.0. The maximum absolute atomic E-state index is 16.0. The first kappa shape index (κ1) is 32.2. The van der Waals surface area contributed by atoms with Crippen molar-refractivity contribution in [3.05, 3.63) is 82.4 Å². The lowest BCUT2D eigenvalue weighted by molar-refractivity contribution is -0.137. The third-order valence-corrected chi connectivity index (χ3v) is 9.26. The highest BCUT2D eigenvalue weighted by Crippen LogP contribution is 2.45. The van der Waals surface area contributed by atoms with Gasteiger partial charge in [0.05, 0.1) is 22.2 Å². The average molecular weight is 675 g/mol. The van der Waals surface area contributed by atoms with Gasteiger partial charge in [0.2, 0.25) is 5.91 Å². The molecule has 1 aliphatic heterocycles. The molecule has 1 amide bonds. The van der Waals surface area contributed by atoms with Gasteiger partial charge in [-0.25, -0.2) is 36.5 Å². The lowest BCUT2D eigenvalue weighted by atomic mass is 10.0. The van der Waals surface area contributed by atoms with Crippen LogP contribution in [0.3, 0.4) is 0 Å². The number of aromatic nitrogens is 4. The molecule has 0 spiro atoms. The highest BCUT2D eigenvalue weighted by Gasteiger charge is 2.38. The highest BCUT2D eigenvalue weighted by molar-refractivity contribution is 7.90. The Morgan fingerprint density at radius 2 is 1.81 bits per heavy atom. The number of pyridine rings is 2. The van der Waals surface area contributed by atoms with Gasteiger partial charge in [-0.05, 0) is 61.6 Å². The van der Waals surface area contributed by atoms with Crippen molar-refractivity contribution in [3.63, 3.8) is 0 Å². The number of carbonyl (C=O) groups is 1. The fourth-order valence-electron chi connectivity index (χ4n) is 5.97. The lowest BCUT2D eigenvalue weighted by Crippen LogP contribution is -2.54. The van der Waals surface area contributed by atoms with Gasteiger partial charge in [0.15, 0.2) is 26.3 Å². The highest BCUT2D eigenvalue weighted by atomic mass is 32.2. The van der Waals surface area contributed by atoms with Gasteiger partial charge in [-0.1, -0.05) is 12.6 Å². The Balaban J connectivity index is 1.71. The number of sulfone groups is 1. The third-order valence-electron chi connectivity index (χ3n) is 8.26. The van der Waals surface area contributed by atoms with Gasteiger partial charge in [-0.3, -0.25) is 4.79 Å². The molecule has 1 aliphatic carbocycles. The van der Waals surface area contributed by atoms with E-state index in [-0.39, 0.29) is 48.4 Å². The van der Waals surface area contributed by atoms with E-state index in [0.717, 1.165) is 35.1 Å². The van der Waals surface area contributed by atoms with Crippen LogP contribution in [-0.4, -0.2) is 70.7 Å². The number of nitrogens with zero attached hydrogens (tertiary/aromatic N) is 6. The number of hydrogen-bond acceptors (Lipinski definition) is 8. The van der Waals surface area contributed by atoms with Crippen LogP contribution in [0.25, 0.3) is 28.0 Å². The molecule has 47 heavy (non-hydrogen) atoms. The molecule has 16 heteroatoms. The molecule has 2 aliphatic rings. The molecule has 0 N–H and O–H groups in total. The molecule has 1 saturated heterocycles. The molecule has 4 aromatic rings. The molecule has 10 nitrogen and oxygen atoms in total. The van der Waals surface area contributed by atoms with Crippen LogP contribution in [0.4, 0.5) is 27.8 Å². The summed E-state index contributed by atoms with van der Waals surface area (Å²) in [6.07, 6.45) is -0.498. The number of anilines is 1. The molecule has 0 unspecified atom stereocenters. The zero-order valence-electron chi connectivity index (χ0n) is 25.1. The van der Waals surface area contributed by atoms with Crippen molar-refractivity contribution in [1.82, 2.24) is 24.4 Å². The Morgan fingerprint density at radius 1 is 1.09 bits per heavy atom. The van der Waals surface area contributed by atoms with E-state index in [2.05, 4.69) is 21.5 Å². The number of hydrogen-bond donors (Lipinski definition) is 0. The summed E-state index contributed by atoms with van der Waals surface area (Å²) in [5.74, 6) is -3.35. The minimum atomic E-state index is -5.10. The number of halogens is 5. The average Bonchev–Trinajstić information content (AvgIpc) is 3.85. The summed E-state index contributed by atoms with van der Waals surface area (Å²) in [6, 6.07) is 3.97. The summed E-state index contributed by atoms with van der Waals surface area (Å²) in [5.41, 5.74) is -5.06. The van der Waals surface area contributed by atoms with E-state index in [4.69, 9.17) is 0 Å². The Morgan fingerprint density at radius 3 is 2.43 bits per heavy atom. The van der Waals surface area contributed by atoms with Crippen molar-refractivity contribution in [2.45, 2.75) is 42.9 Å². The Hall–Kier alpha value is -4.73. The van der Waals surface area contributed by atoms with E-state index < -0.39 is 66.9 Å². The molecule has 2 fully saturated rings. The van der Waals surface area contributed by atoms with E-state index in [0.29, 0.717) is 24.5 Å². The SMILES string of the molecule is C=CC(=O)N1CCN(c2nc(=O)n(-c3c(C4CC4)ccnc3S(C)(=O)=O)c3nc(-c4c(F)cccc4C(F)(F)F)c(F)cc23)[C@@H](C)C1. The summed E-state index contributed by atoms with van der Waals surface area (Å²) in [7, 11) is -4.12. The number of fused-ring (bicyclic) bond motifs is 1. The smallest absolute Gasteiger partial charge is 0.350 e. The molecule has 0 bridgehead atoms. The number of rotatable bonds is 6. The van der Waals surface area contributed by atoms with E-state index in [1.807, 2.05) is 0 Å². The predicted molar refractivity (Wildman–Crippen MR) is 162 cm³/mol. The second kappa shape index (κ2) is 11.5. The zero-order valence-corrected chi connectivity index (χ0v) is 25.9. The first-order chi connectivity index (χ1) is 22.1. The summed E-state index contributed by atoms with van der Waals surface area (Å²) in [5, 5.41) is -0.671. The standard InChI is InChI=1S/C31H27F5N6O4S/c1-4-23(43)40-12-13-41(16(2)15-40)27-19-14-22(33)25(24-20(31(34,35)36)6-5-7-21(24)32)38-28(19)42(30(44)39-27)26-18(17-8-9-17)10-11-37-29(26)47(3,45)46/h4-7,10-11,14,16-17H,1,8-9,12-13,15H2,2-3H3/t16-/m0/s1. The van der Waals surface area contributed by atoms with Gasteiger partial charge in [-0.2, -0.15) is 18.2 Å². The second-order valence-corrected chi connectivity index (χ2v) is 13.5. The molecule has 1 atom stereocenters. The van der Waals surface area contributed by atoms with Gasteiger partial charge in [0.25, 0.3) is 0 Å². The molecule has 6 rings (SSSR count). The van der Waals surface area contributed by atoms with Crippen molar-refractivity contribution < 1.29 is 35.2 Å². The summed E-state index contributed by atoms with van der Waals surface area (Å²) < 4.78 is 100. The van der Waals surface area contributed by atoms with Crippen LogP contribution in [0.5, 0.6) is 0 Å². The van der Waals surface area contributed by atoms with Crippen LogP contribution in [0.2, 0.25) is 0 Å². The van der Waals surface area contributed by atoms with Crippen LogP contribution >= 0.6 is 0 Å². The second-order valence-electron chi connectivity index (χ2n) is 11.5. The summed E-state index contributed by atoms with van der Waals surface area (Å²) in [6.45, 7) is 5.68. The monoisotopic (exact) mass is 674 g/mol. The predicted octanol–water partition coefficient (Wildman–Crippen LogP) is 4.64. The van der Waals surface area contributed by atoms with Crippen molar-refractivity contribution >= 4 is 32.6 Å². The van der Waals surface area contributed by atoms with Gasteiger partial charge in [0, 0.05) is 38.1 Å². The molecular formula is C31H27F5N6O4S. The summed E-state index contributed by atoms with van der Waals surface area (Å²) >= 11 is 0. The number of amides is 1. The van der Waals surface area contributed by atoms with Crippen molar-refractivity contribution in [1.29, 1.82) is 0 Å². The van der Waals surface area contributed by atoms with Crippen molar-refractivity contribution in [2.75, 3.05) is 30.8 Å². The van der Waals surface area contributed by atoms with E-state index in [1.54, 1.807) is 11.8 Å². The minimum absolute atomic E-state index is 0.0975. The topological polar surface area (TPSA) is 118 Å². The van der Waals surface area contributed by atoms with Crippen LogP contribution in [0.15, 0.2) is 59.0 Å². The maximum atomic E-state index is 16.0. The Bertz CT molecular complexity index is 2130. The van der Waals surface area contributed by atoms with Gasteiger partial charge >= 0.3 is 11.9 Å². The van der Waals surface area contributed by atoms with Gasteiger partial charge in [-0.15, -0.1) is 0 Å². The third kappa shape index (κ3) is 5.74. The van der Waals surface area contributed by atoms with E-state index >= 15 is 8.78 Å². The molecule has 1 aromatic carbocycles. The van der Waals surface area contributed by atoms with Gasteiger partial charge < -0.3 is 9.80 Å². The normalized spacial score (nSPS) is 17.3. The van der Waals surface area contributed by atoms with Crippen LogP contribution in [0.1, 0.15) is 36.8 Å². The maximum Gasteiger partial charge on any atom is 0.417 e. The molecule has 3 aromatic heterocycles. The fourth-order valence-corrected chi connectivity index (χ4v) is 6.79. The molecule has 0 radical (unpaired) electrons. The van der Waals surface area contributed by atoms with Crippen molar-refractivity contribution in [2.24, 2.45) is 0 Å². The van der Waals surface area contributed by atoms with Crippen molar-refractivity contribution in [3.8, 4) is 16.9 Å². The number of alkyl halides is 3. The molecular weight excluding hydrogens is 647 g/mol. The summed E-state index contributed by atoms with van der Waals surface area (Å²) in [4.78, 5) is 41.9. The van der Waals surface area contributed by atoms with E-state index in [1.165, 1.54) is 17.2 Å². The van der Waals surface area contributed by atoms with Crippen LogP contribution < -0.4 is 10.6 Å². The van der Waals surface area contributed by atoms with Crippen LogP contribution in [-0.2, 0) is 20.8 Å². The van der Waals surface area contributed by atoms with Crippen LogP contribution in [0, 0.1) is 11.6 Å².